The van der Waals surface area contributed by atoms with E-state index in [9.17, 15) is 4.79 Å². The van der Waals surface area contributed by atoms with Gasteiger partial charge >= 0.3 is 5.97 Å². The summed E-state index contributed by atoms with van der Waals surface area (Å²) in [6, 6.07) is 1.76. The predicted molar refractivity (Wildman–Crippen MR) is 63.0 cm³/mol. The molecule has 0 aliphatic carbocycles. The van der Waals surface area contributed by atoms with Crippen molar-refractivity contribution in [2.45, 2.75) is 33.1 Å². The average molecular weight is 238 g/mol. The molecular formula is C12H18N2O3. The summed E-state index contributed by atoms with van der Waals surface area (Å²) in [5, 5.41) is 0. The van der Waals surface area contributed by atoms with Gasteiger partial charge in [-0.2, -0.15) is 4.98 Å². The van der Waals surface area contributed by atoms with Crippen LogP contribution in [0.5, 0.6) is 5.88 Å². The maximum atomic E-state index is 11.0. The average Bonchev–Trinajstić information content (AvgIpc) is 2.35. The van der Waals surface area contributed by atoms with E-state index in [4.69, 9.17) is 4.74 Å². The molecule has 1 rings (SSSR count). The quantitative estimate of drug-likeness (QED) is 0.731. The third kappa shape index (κ3) is 4.01. The van der Waals surface area contributed by atoms with Crippen LogP contribution in [0.15, 0.2) is 6.07 Å². The van der Waals surface area contributed by atoms with Gasteiger partial charge in [-0.15, -0.1) is 0 Å². The van der Waals surface area contributed by atoms with Crippen molar-refractivity contribution in [2.75, 3.05) is 13.7 Å². The summed E-state index contributed by atoms with van der Waals surface area (Å²) in [7, 11) is 1.32. The van der Waals surface area contributed by atoms with Gasteiger partial charge in [-0.25, -0.2) is 9.78 Å². The number of aromatic nitrogens is 2. The van der Waals surface area contributed by atoms with E-state index >= 15 is 0 Å². The van der Waals surface area contributed by atoms with Crippen LogP contribution in [-0.2, 0) is 16.0 Å². The van der Waals surface area contributed by atoms with Gasteiger partial charge in [-0.05, 0) is 5.92 Å². The standard InChI is InChI=1S/C12H18N2O3/c1-5-10-13-9(8(2)3)6-11(14-10)17-7-12(15)16-4/h6,8H,5,7H2,1-4H3. The number of hydrogen-bond acceptors (Lipinski definition) is 5. The van der Waals surface area contributed by atoms with Gasteiger partial charge < -0.3 is 9.47 Å². The number of esters is 1. The number of rotatable bonds is 5. The van der Waals surface area contributed by atoms with Gasteiger partial charge in [0.2, 0.25) is 5.88 Å². The lowest BCUT2D eigenvalue weighted by molar-refractivity contribution is -0.143. The zero-order chi connectivity index (χ0) is 12.8. The zero-order valence-corrected chi connectivity index (χ0v) is 10.7. The second kappa shape index (κ2) is 6.18. The minimum absolute atomic E-state index is 0.131. The van der Waals surface area contributed by atoms with E-state index in [0.29, 0.717) is 11.8 Å². The molecule has 0 aliphatic rings. The fraction of sp³-hybridized carbons (Fsp3) is 0.583. The van der Waals surface area contributed by atoms with E-state index in [2.05, 4.69) is 14.7 Å². The Bertz CT molecular complexity index is 391. The lowest BCUT2D eigenvalue weighted by Crippen LogP contribution is -2.14. The SMILES string of the molecule is CCc1nc(OCC(=O)OC)cc(C(C)C)n1. The number of carbonyl (C=O) groups excluding carboxylic acids is 1. The van der Waals surface area contributed by atoms with E-state index in [-0.39, 0.29) is 6.61 Å². The van der Waals surface area contributed by atoms with Crippen LogP contribution in [0.3, 0.4) is 0 Å². The van der Waals surface area contributed by atoms with Crippen LogP contribution >= 0.6 is 0 Å². The van der Waals surface area contributed by atoms with Gasteiger partial charge in [0, 0.05) is 12.5 Å². The second-order valence-corrected chi connectivity index (χ2v) is 3.92. The number of carbonyl (C=O) groups is 1. The van der Waals surface area contributed by atoms with Gasteiger partial charge in [0.25, 0.3) is 0 Å². The highest BCUT2D eigenvalue weighted by atomic mass is 16.6. The summed E-state index contributed by atoms with van der Waals surface area (Å²) >= 11 is 0. The molecule has 5 heteroatoms. The molecule has 0 atom stereocenters. The molecule has 1 heterocycles. The molecule has 5 nitrogen and oxygen atoms in total. The first-order valence-electron chi connectivity index (χ1n) is 5.64. The van der Waals surface area contributed by atoms with Crippen molar-refractivity contribution in [3.8, 4) is 5.88 Å². The number of aryl methyl sites for hydroxylation is 1. The van der Waals surface area contributed by atoms with Crippen LogP contribution in [0.4, 0.5) is 0 Å². The third-order valence-electron chi connectivity index (χ3n) is 2.24. The first kappa shape index (κ1) is 13.4. The molecule has 0 radical (unpaired) electrons. The molecule has 0 aromatic carbocycles. The van der Waals surface area contributed by atoms with Gasteiger partial charge in [-0.1, -0.05) is 20.8 Å². The van der Waals surface area contributed by atoms with Gasteiger partial charge in [-0.3, -0.25) is 0 Å². The molecule has 0 saturated carbocycles. The summed E-state index contributed by atoms with van der Waals surface area (Å²) in [4.78, 5) is 19.6. The monoisotopic (exact) mass is 238 g/mol. The van der Waals surface area contributed by atoms with E-state index in [1.807, 2.05) is 20.8 Å². The zero-order valence-electron chi connectivity index (χ0n) is 10.7. The fourth-order valence-electron chi connectivity index (χ4n) is 1.21. The van der Waals surface area contributed by atoms with Crippen LogP contribution in [0.1, 0.15) is 38.2 Å². The Kier molecular flexibility index (Phi) is 4.87. The minimum atomic E-state index is -0.423. The third-order valence-corrected chi connectivity index (χ3v) is 2.24. The van der Waals surface area contributed by atoms with Gasteiger partial charge in [0.15, 0.2) is 6.61 Å². The van der Waals surface area contributed by atoms with E-state index in [1.54, 1.807) is 6.07 Å². The van der Waals surface area contributed by atoms with E-state index in [1.165, 1.54) is 7.11 Å². The van der Waals surface area contributed by atoms with Crippen LogP contribution in [0.2, 0.25) is 0 Å². The molecule has 0 unspecified atom stereocenters. The molecule has 0 amide bonds. The highest BCUT2D eigenvalue weighted by Gasteiger charge is 2.09. The number of hydrogen-bond donors (Lipinski definition) is 0. The van der Waals surface area contributed by atoms with Crippen molar-refractivity contribution in [3.05, 3.63) is 17.6 Å². The molecule has 94 valence electrons. The number of ether oxygens (including phenoxy) is 2. The summed E-state index contributed by atoms with van der Waals surface area (Å²) in [6.45, 7) is 5.94. The lowest BCUT2D eigenvalue weighted by Gasteiger charge is -2.09. The molecule has 0 aliphatic heterocycles. The Morgan fingerprint density at radius 2 is 2.12 bits per heavy atom. The molecule has 0 fully saturated rings. The van der Waals surface area contributed by atoms with Crippen molar-refractivity contribution < 1.29 is 14.3 Å². The second-order valence-electron chi connectivity index (χ2n) is 3.92. The van der Waals surface area contributed by atoms with Gasteiger partial charge in [0.1, 0.15) is 5.82 Å². The van der Waals surface area contributed by atoms with Crippen molar-refractivity contribution >= 4 is 5.97 Å². The molecular weight excluding hydrogens is 220 g/mol. The normalized spacial score (nSPS) is 10.4. The number of nitrogens with zero attached hydrogens (tertiary/aromatic N) is 2. The van der Waals surface area contributed by atoms with Gasteiger partial charge in [0.05, 0.1) is 12.8 Å². The molecule has 0 saturated heterocycles. The van der Waals surface area contributed by atoms with Crippen LogP contribution in [0.25, 0.3) is 0 Å². The highest BCUT2D eigenvalue weighted by molar-refractivity contribution is 5.70. The molecule has 0 bridgehead atoms. The topological polar surface area (TPSA) is 61.3 Å². The van der Waals surface area contributed by atoms with E-state index in [0.717, 1.165) is 17.9 Å². The van der Waals surface area contributed by atoms with Crippen molar-refractivity contribution in [1.29, 1.82) is 0 Å². The van der Waals surface area contributed by atoms with Crippen LogP contribution in [-0.4, -0.2) is 29.7 Å². The molecule has 1 aromatic heterocycles. The summed E-state index contributed by atoms with van der Waals surface area (Å²) in [5.74, 6) is 1.01. The first-order chi connectivity index (χ1) is 8.06. The summed E-state index contributed by atoms with van der Waals surface area (Å²) < 4.78 is 9.77. The molecule has 0 N–H and O–H groups in total. The Labute approximate surface area is 101 Å². The van der Waals surface area contributed by atoms with Crippen molar-refractivity contribution in [2.24, 2.45) is 0 Å². The fourth-order valence-corrected chi connectivity index (χ4v) is 1.21. The van der Waals surface area contributed by atoms with Crippen molar-refractivity contribution in [1.82, 2.24) is 9.97 Å². The van der Waals surface area contributed by atoms with Crippen molar-refractivity contribution in [3.63, 3.8) is 0 Å². The van der Waals surface area contributed by atoms with Crippen LogP contribution in [0, 0.1) is 0 Å². The summed E-state index contributed by atoms with van der Waals surface area (Å²) in [6.07, 6.45) is 0.731. The predicted octanol–water partition coefficient (Wildman–Crippen LogP) is 1.71. The van der Waals surface area contributed by atoms with E-state index < -0.39 is 5.97 Å². The number of methoxy groups -OCH3 is 1. The molecule has 1 aromatic rings. The Morgan fingerprint density at radius 1 is 1.41 bits per heavy atom. The largest absolute Gasteiger partial charge is 0.466 e. The Hall–Kier alpha value is -1.65. The maximum Gasteiger partial charge on any atom is 0.343 e. The summed E-state index contributed by atoms with van der Waals surface area (Å²) in [5.41, 5.74) is 0.914. The molecule has 17 heavy (non-hydrogen) atoms. The molecule has 0 spiro atoms. The lowest BCUT2D eigenvalue weighted by atomic mass is 10.1. The smallest absolute Gasteiger partial charge is 0.343 e. The Morgan fingerprint density at radius 3 is 2.65 bits per heavy atom. The first-order valence-corrected chi connectivity index (χ1v) is 5.64. The Balaban J connectivity index is 2.83. The van der Waals surface area contributed by atoms with Crippen LogP contribution < -0.4 is 4.74 Å². The minimum Gasteiger partial charge on any atom is -0.466 e. The maximum absolute atomic E-state index is 11.0. The highest BCUT2D eigenvalue weighted by Crippen LogP contribution is 2.17.